The van der Waals surface area contributed by atoms with Crippen LogP contribution in [0, 0.1) is 5.82 Å². The van der Waals surface area contributed by atoms with Crippen LogP contribution in [0.1, 0.15) is 10.4 Å². The standard InChI is InChI=1S/C7H4FN3O/c8-6-3-1-5(2-4-6)7(12)10-11-9/h1-4H. The maximum absolute atomic E-state index is 12.3. The Bertz CT molecular complexity index is 340. The minimum Gasteiger partial charge on any atom is -0.287 e. The van der Waals surface area contributed by atoms with Gasteiger partial charge in [0, 0.05) is 10.5 Å². The predicted molar refractivity (Wildman–Crippen MR) is 39.9 cm³/mol. The zero-order valence-corrected chi connectivity index (χ0v) is 5.94. The number of azide groups is 1. The van der Waals surface area contributed by atoms with E-state index in [9.17, 15) is 9.18 Å². The van der Waals surface area contributed by atoms with Gasteiger partial charge in [-0.05, 0) is 34.9 Å². The molecular weight excluding hydrogens is 161 g/mol. The fourth-order valence-electron chi connectivity index (χ4n) is 0.691. The van der Waals surface area contributed by atoms with Crippen molar-refractivity contribution in [3.8, 4) is 0 Å². The summed E-state index contributed by atoms with van der Waals surface area (Å²) in [5.74, 6) is -1.15. The summed E-state index contributed by atoms with van der Waals surface area (Å²) in [7, 11) is 0. The van der Waals surface area contributed by atoms with Gasteiger partial charge in [-0.15, -0.1) is 0 Å². The van der Waals surface area contributed by atoms with Gasteiger partial charge in [0.1, 0.15) is 5.82 Å². The Morgan fingerprint density at radius 2 is 2.00 bits per heavy atom. The van der Waals surface area contributed by atoms with Crippen molar-refractivity contribution in [3.63, 3.8) is 0 Å². The molecule has 0 bridgehead atoms. The highest BCUT2D eigenvalue weighted by Gasteiger charge is 2.01. The SMILES string of the molecule is [N-]=[N+]=NC(=O)c1ccc(F)cc1. The van der Waals surface area contributed by atoms with Crippen molar-refractivity contribution in [2.45, 2.75) is 0 Å². The van der Waals surface area contributed by atoms with Crippen molar-refractivity contribution in [3.05, 3.63) is 46.1 Å². The Kier molecular flexibility index (Phi) is 2.40. The van der Waals surface area contributed by atoms with Gasteiger partial charge in [0.25, 0.3) is 0 Å². The summed E-state index contributed by atoms with van der Waals surface area (Å²) in [6.45, 7) is 0. The van der Waals surface area contributed by atoms with E-state index in [1.165, 1.54) is 12.1 Å². The monoisotopic (exact) mass is 165 g/mol. The molecule has 0 aliphatic carbocycles. The number of carbonyl (C=O) groups is 1. The lowest BCUT2D eigenvalue weighted by atomic mass is 10.2. The second-order valence-corrected chi connectivity index (χ2v) is 2.00. The summed E-state index contributed by atoms with van der Waals surface area (Å²) in [4.78, 5) is 13.1. The van der Waals surface area contributed by atoms with Crippen LogP contribution in [0.4, 0.5) is 4.39 Å². The lowest BCUT2D eigenvalue weighted by Gasteiger charge is -1.91. The molecule has 0 heterocycles. The number of nitrogens with zero attached hydrogens (tertiary/aromatic N) is 3. The Balaban J connectivity index is 2.97. The van der Waals surface area contributed by atoms with E-state index in [4.69, 9.17) is 5.53 Å². The highest BCUT2D eigenvalue weighted by Crippen LogP contribution is 2.03. The van der Waals surface area contributed by atoms with E-state index in [0.717, 1.165) is 12.1 Å². The molecule has 1 aromatic rings. The Labute approximate surface area is 67.3 Å². The molecule has 0 unspecified atom stereocenters. The lowest BCUT2D eigenvalue weighted by molar-refractivity contribution is 0.100. The molecule has 0 spiro atoms. The highest BCUT2D eigenvalue weighted by molar-refractivity contribution is 5.94. The van der Waals surface area contributed by atoms with Crippen LogP contribution >= 0.6 is 0 Å². The van der Waals surface area contributed by atoms with Gasteiger partial charge in [0.05, 0.1) is 0 Å². The summed E-state index contributed by atoms with van der Waals surface area (Å²) >= 11 is 0. The number of hydrogen-bond acceptors (Lipinski definition) is 1. The van der Waals surface area contributed by atoms with Crippen LogP contribution in [-0.4, -0.2) is 5.91 Å². The number of hydrogen-bond donors (Lipinski definition) is 0. The summed E-state index contributed by atoms with van der Waals surface area (Å²) in [5, 5.41) is 2.84. The van der Waals surface area contributed by atoms with Gasteiger partial charge in [-0.3, -0.25) is 4.79 Å². The zero-order valence-electron chi connectivity index (χ0n) is 5.94. The van der Waals surface area contributed by atoms with Gasteiger partial charge in [-0.25, -0.2) is 4.39 Å². The molecule has 0 atom stereocenters. The van der Waals surface area contributed by atoms with Crippen LogP contribution in [0.5, 0.6) is 0 Å². The van der Waals surface area contributed by atoms with E-state index in [-0.39, 0.29) is 5.56 Å². The van der Waals surface area contributed by atoms with Crippen LogP contribution in [0.25, 0.3) is 10.4 Å². The van der Waals surface area contributed by atoms with E-state index in [1.54, 1.807) is 0 Å². The second kappa shape index (κ2) is 3.50. The molecule has 0 fully saturated rings. The van der Waals surface area contributed by atoms with Crippen molar-refractivity contribution < 1.29 is 9.18 Å². The Morgan fingerprint density at radius 3 is 2.50 bits per heavy atom. The van der Waals surface area contributed by atoms with Gasteiger partial charge in [0.15, 0.2) is 0 Å². The topological polar surface area (TPSA) is 65.8 Å². The van der Waals surface area contributed by atoms with Crippen molar-refractivity contribution in [1.82, 2.24) is 0 Å². The average molecular weight is 165 g/mol. The summed E-state index contributed by atoms with van der Waals surface area (Å²) in [5.41, 5.74) is 8.09. The number of benzene rings is 1. The molecule has 1 amide bonds. The first-order valence-electron chi connectivity index (χ1n) is 3.09. The molecule has 0 saturated heterocycles. The Morgan fingerprint density at radius 1 is 1.42 bits per heavy atom. The number of amides is 1. The lowest BCUT2D eigenvalue weighted by Crippen LogP contribution is -1.92. The molecule has 5 heteroatoms. The summed E-state index contributed by atoms with van der Waals surface area (Å²) in [6, 6.07) is 4.76. The molecule has 0 aliphatic rings. The zero-order chi connectivity index (χ0) is 8.97. The van der Waals surface area contributed by atoms with E-state index in [0.29, 0.717) is 0 Å². The maximum Gasteiger partial charge on any atom is 0.249 e. The molecule has 4 nitrogen and oxygen atoms in total. The van der Waals surface area contributed by atoms with E-state index >= 15 is 0 Å². The highest BCUT2D eigenvalue weighted by atomic mass is 19.1. The molecular formula is C7H4FN3O. The first kappa shape index (κ1) is 8.23. The average Bonchev–Trinajstić information content (AvgIpc) is 2.06. The van der Waals surface area contributed by atoms with Gasteiger partial charge < -0.3 is 0 Å². The number of carbonyl (C=O) groups excluding carboxylic acids is 1. The third kappa shape index (κ3) is 1.81. The van der Waals surface area contributed by atoms with Crippen LogP contribution in [0.15, 0.2) is 29.4 Å². The molecule has 12 heavy (non-hydrogen) atoms. The van der Waals surface area contributed by atoms with E-state index < -0.39 is 11.7 Å². The number of halogens is 1. The van der Waals surface area contributed by atoms with Gasteiger partial charge in [-0.2, -0.15) is 0 Å². The first-order chi connectivity index (χ1) is 5.74. The van der Waals surface area contributed by atoms with Crippen molar-refractivity contribution >= 4 is 5.91 Å². The normalized spacial score (nSPS) is 8.75. The van der Waals surface area contributed by atoms with Gasteiger partial charge >= 0.3 is 0 Å². The maximum atomic E-state index is 12.3. The molecule has 0 aromatic heterocycles. The second-order valence-electron chi connectivity index (χ2n) is 2.00. The third-order valence-electron chi connectivity index (χ3n) is 1.23. The van der Waals surface area contributed by atoms with Crippen molar-refractivity contribution in [1.29, 1.82) is 0 Å². The van der Waals surface area contributed by atoms with Crippen LogP contribution < -0.4 is 0 Å². The van der Waals surface area contributed by atoms with Crippen LogP contribution in [-0.2, 0) is 0 Å². The summed E-state index contributed by atoms with van der Waals surface area (Å²) in [6.07, 6.45) is 0. The molecule has 0 radical (unpaired) electrons. The predicted octanol–water partition coefficient (Wildman–Crippen LogP) is 2.28. The fourth-order valence-corrected chi connectivity index (χ4v) is 0.691. The molecule has 0 N–H and O–H groups in total. The van der Waals surface area contributed by atoms with Crippen molar-refractivity contribution in [2.75, 3.05) is 0 Å². The van der Waals surface area contributed by atoms with Gasteiger partial charge in [0.2, 0.25) is 5.91 Å². The fraction of sp³-hybridized carbons (Fsp3) is 0. The first-order valence-corrected chi connectivity index (χ1v) is 3.09. The van der Waals surface area contributed by atoms with E-state index in [1.807, 2.05) is 0 Å². The molecule has 0 saturated carbocycles. The van der Waals surface area contributed by atoms with Crippen LogP contribution in [0.3, 0.4) is 0 Å². The van der Waals surface area contributed by atoms with Crippen molar-refractivity contribution in [2.24, 2.45) is 5.11 Å². The van der Waals surface area contributed by atoms with Gasteiger partial charge in [-0.1, -0.05) is 0 Å². The molecule has 60 valence electrons. The molecule has 0 aliphatic heterocycles. The minimum absolute atomic E-state index is 0.175. The van der Waals surface area contributed by atoms with E-state index in [2.05, 4.69) is 10.0 Å². The van der Waals surface area contributed by atoms with Crippen LogP contribution in [0.2, 0.25) is 0 Å². The molecule has 1 rings (SSSR count). The largest absolute Gasteiger partial charge is 0.287 e. The molecule has 1 aromatic carbocycles. The summed E-state index contributed by atoms with van der Waals surface area (Å²) < 4.78 is 12.3. The third-order valence-corrected chi connectivity index (χ3v) is 1.23. The number of rotatable bonds is 1. The quantitative estimate of drug-likeness (QED) is 0.357. The Hall–Kier alpha value is -1.87. The smallest absolute Gasteiger partial charge is 0.249 e. The minimum atomic E-state index is -0.711.